The molecule has 0 saturated heterocycles. The molecule has 18 heavy (non-hydrogen) atoms. The van der Waals surface area contributed by atoms with E-state index in [0.717, 1.165) is 26.0 Å². The van der Waals surface area contributed by atoms with E-state index in [9.17, 15) is 18.8 Å². The maximum absolute atomic E-state index is 13.4. The van der Waals surface area contributed by atoms with E-state index in [1.165, 1.54) is 0 Å². The quantitative estimate of drug-likeness (QED) is 0.479. The van der Waals surface area contributed by atoms with Gasteiger partial charge in [0.05, 0.1) is 5.56 Å². The third-order valence-electron chi connectivity index (χ3n) is 1.75. The van der Waals surface area contributed by atoms with Crippen molar-refractivity contribution in [3.63, 3.8) is 0 Å². The lowest BCUT2D eigenvalue weighted by molar-refractivity contribution is -0.134. The van der Waals surface area contributed by atoms with Gasteiger partial charge in [-0.15, -0.1) is 0 Å². The van der Waals surface area contributed by atoms with E-state index in [4.69, 9.17) is 16.3 Å². The molecule has 0 atom stereocenters. The molecule has 1 aromatic rings. The predicted octanol–water partition coefficient (Wildman–Crippen LogP) is 2.06. The van der Waals surface area contributed by atoms with Gasteiger partial charge in [0.15, 0.2) is 11.5 Å². The molecule has 0 aliphatic heterocycles. The van der Waals surface area contributed by atoms with Gasteiger partial charge in [0.25, 0.3) is 5.24 Å². The van der Waals surface area contributed by atoms with Crippen molar-refractivity contribution in [3.05, 3.63) is 23.5 Å². The van der Waals surface area contributed by atoms with Crippen molar-refractivity contribution in [2.24, 2.45) is 0 Å². The number of hydrogen-bond acceptors (Lipinski definition) is 5. The molecule has 0 radical (unpaired) electrons. The molecular formula is C11H8ClFO5. The molecule has 0 aromatic heterocycles. The second kappa shape index (κ2) is 5.59. The van der Waals surface area contributed by atoms with Crippen LogP contribution < -0.4 is 9.47 Å². The van der Waals surface area contributed by atoms with E-state index >= 15 is 0 Å². The fourth-order valence-electron chi connectivity index (χ4n) is 1.15. The van der Waals surface area contributed by atoms with Crippen LogP contribution in [0.3, 0.4) is 0 Å². The molecular weight excluding hydrogens is 267 g/mol. The summed E-state index contributed by atoms with van der Waals surface area (Å²) in [7, 11) is 0. The van der Waals surface area contributed by atoms with Crippen molar-refractivity contribution in [2.75, 3.05) is 0 Å². The standard InChI is InChI=1S/C11H8ClFO5/c1-5(14)17-9-3-7(11(12)16)8(13)4-10(9)18-6(2)15/h3-4H,1-2H3. The Morgan fingerprint density at radius 1 is 1.06 bits per heavy atom. The fourth-order valence-corrected chi connectivity index (χ4v) is 1.30. The zero-order valence-corrected chi connectivity index (χ0v) is 10.2. The SMILES string of the molecule is CC(=O)Oc1cc(F)c(C(=O)Cl)cc1OC(C)=O. The molecule has 0 N–H and O–H groups in total. The van der Waals surface area contributed by atoms with Crippen molar-refractivity contribution in [2.45, 2.75) is 13.8 Å². The number of ether oxygens (including phenoxy) is 2. The molecule has 5 nitrogen and oxygen atoms in total. The molecule has 0 amide bonds. The lowest BCUT2D eigenvalue weighted by Crippen LogP contribution is -2.09. The Bertz CT molecular complexity index is 526. The third-order valence-corrected chi connectivity index (χ3v) is 1.96. The van der Waals surface area contributed by atoms with Crippen LogP contribution in [0.4, 0.5) is 4.39 Å². The Kier molecular flexibility index (Phi) is 4.38. The number of esters is 2. The van der Waals surface area contributed by atoms with Crippen molar-refractivity contribution in [1.29, 1.82) is 0 Å². The largest absolute Gasteiger partial charge is 0.423 e. The molecule has 96 valence electrons. The van der Waals surface area contributed by atoms with E-state index in [-0.39, 0.29) is 11.5 Å². The maximum Gasteiger partial charge on any atom is 0.308 e. The zero-order valence-electron chi connectivity index (χ0n) is 9.45. The van der Waals surface area contributed by atoms with Gasteiger partial charge in [0.2, 0.25) is 0 Å². The highest BCUT2D eigenvalue weighted by Crippen LogP contribution is 2.31. The van der Waals surface area contributed by atoms with Crippen LogP contribution in [0.1, 0.15) is 24.2 Å². The average molecular weight is 275 g/mol. The average Bonchev–Trinajstić information content (AvgIpc) is 2.19. The lowest BCUT2D eigenvalue weighted by atomic mass is 10.2. The predicted molar refractivity (Wildman–Crippen MR) is 59.2 cm³/mol. The van der Waals surface area contributed by atoms with Gasteiger partial charge in [-0.05, 0) is 17.7 Å². The highest BCUT2D eigenvalue weighted by molar-refractivity contribution is 6.67. The van der Waals surface area contributed by atoms with Crippen molar-refractivity contribution in [1.82, 2.24) is 0 Å². The van der Waals surface area contributed by atoms with Crippen LogP contribution >= 0.6 is 11.6 Å². The van der Waals surface area contributed by atoms with E-state index in [1.807, 2.05) is 0 Å². The van der Waals surface area contributed by atoms with Crippen LogP contribution in [-0.2, 0) is 9.59 Å². The molecule has 0 heterocycles. The summed E-state index contributed by atoms with van der Waals surface area (Å²) in [6.45, 7) is 2.19. The van der Waals surface area contributed by atoms with E-state index < -0.39 is 28.6 Å². The molecule has 0 aliphatic carbocycles. The smallest absolute Gasteiger partial charge is 0.308 e. The van der Waals surface area contributed by atoms with Gasteiger partial charge in [0, 0.05) is 19.9 Å². The lowest BCUT2D eigenvalue weighted by Gasteiger charge is -2.09. The summed E-state index contributed by atoms with van der Waals surface area (Å²) in [6.07, 6.45) is 0. The van der Waals surface area contributed by atoms with Crippen LogP contribution in [-0.4, -0.2) is 17.2 Å². The van der Waals surface area contributed by atoms with Gasteiger partial charge in [-0.2, -0.15) is 0 Å². The van der Waals surface area contributed by atoms with Crippen molar-refractivity contribution in [3.8, 4) is 11.5 Å². The van der Waals surface area contributed by atoms with Gasteiger partial charge >= 0.3 is 11.9 Å². The van der Waals surface area contributed by atoms with E-state index in [0.29, 0.717) is 0 Å². The minimum atomic E-state index is -1.06. The van der Waals surface area contributed by atoms with Gasteiger partial charge in [-0.25, -0.2) is 4.39 Å². The monoisotopic (exact) mass is 274 g/mol. The topological polar surface area (TPSA) is 69.7 Å². The minimum Gasteiger partial charge on any atom is -0.423 e. The number of hydrogen-bond donors (Lipinski definition) is 0. The van der Waals surface area contributed by atoms with Crippen LogP contribution in [0.2, 0.25) is 0 Å². The highest BCUT2D eigenvalue weighted by atomic mass is 35.5. The Labute approximate surface area is 106 Å². The Hall–Kier alpha value is -1.95. The zero-order chi connectivity index (χ0) is 13.9. The summed E-state index contributed by atoms with van der Waals surface area (Å²) in [6, 6.07) is 1.64. The molecule has 7 heteroatoms. The van der Waals surface area contributed by atoms with Gasteiger partial charge in [-0.3, -0.25) is 14.4 Å². The van der Waals surface area contributed by atoms with Gasteiger partial charge in [0.1, 0.15) is 5.82 Å². The van der Waals surface area contributed by atoms with E-state index in [2.05, 4.69) is 4.74 Å². The number of rotatable bonds is 3. The Balaban J connectivity index is 3.31. The first-order chi connectivity index (χ1) is 8.31. The first-order valence-electron chi connectivity index (χ1n) is 4.71. The van der Waals surface area contributed by atoms with Crippen LogP contribution in [0, 0.1) is 5.82 Å². The minimum absolute atomic E-state index is 0.261. The maximum atomic E-state index is 13.4. The molecule has 1 aromatic carbocycles. The molecule has 0 saturated carbocycles. The summed E-state index contributed by atoms with van der Waals surface area (Å²) in [5.74, 6) is -3.00. The number of carbonyl (C=O) groups is 3. The number of halogens is 2. The third kappa shape index (κ3) is 3.53. The summed E-state index contributed by atoms with van der Waals surface area (Å²) >= 11 is 5.15. The molecule has 0 bridgehead atoms. The van der Waals surface area contributed by atoms with Crippen LogP contribution in [0.15, 0.2) is 12.1 Å². The van der Waals surface area contributed by atoms with Gasteiger partial charge in [-0.1, -0.05) is 0 Å². The Morgan fingerprint density at radius 2 is 1.50 bits per heavy atom. The molecule has 0 unspecified atom stereocenters. The normalized spacial score (nSPS) is 9.78. The number of carbonyl (C=O) groups excluding carboxylic acids is 3. The molecule has 1 rings (SSSR count). The molecule has 0 aliphatic rings. The summed E-state index contributed by atoms with van der Waals surface area (Å²) in [4.78, 5) is 32.6. The summed E-state index contributed by atoms with van der Waals surface area (Å²) in [5, 5.41) is -1.06. The first-order valence-corrected chi connectivity index (χ1v) is 5.09. The van der Waals surface area contributed by atoms with Crippen LogP contribution in [0.25, 0.3) is 0 Å². The second-order valence-corrected chi connectivity index (χ2v) is 3.58. The Morgan fingerprint density at radius 3 is 1.89 bits per heavy atom. The molecule has 0 spiro atoms. The van der Waals surface area contributed by atoms with E-state index in [1.54, 1.807) is 0 Å². The van der Waals surface area contributed by atoms with Gasteiger partial charge < -0.3 is 9.47 Å². The van der Waals surface area contributed by atoms with Crippen LogP contribution in [0.5, 0.6) is 11.5 Å². The number of benzene rings is 1. The van der Waals surface area contributed by atoms with Crippen molar-refractivity contribution >= 4 is 28.8 Å². The van der Waals surface area contributed by atoms with Crippen molar-refractivity contribution < 1.29 is 28.2 Å². The fraction of sp³-hybridized carbons (Fsp3) is 0.182. The highest BCUT2D eigenvalue weighted by Gasteiger charge is 2.18. The first kappa shape index (κ1) is 14.1. The summed E-state index contributed by atoms with van der Waals surface area (Å²) < 4.78 is 22.8. The molecule has 0 fully saturated rings. The summed E-state index contributed by atoms with van der Waals surface area (Å²) in [5.41, 5.74) is -0.483. The second-order valence-electron chi connectivity index (χ2n) is 3.24.